The SMILES string of the molecule is CCCNc1ncnc2c1cnn2CCNC(=O)COc1ccccc1C. The summed E-state index contributed by atoms with van der Waals surface area (Å²) >= 11 is 0. The number of amides is 1. The van der Waals surface area contributed by atoms with Crippen LogP contribution in [0, 0.1) is 6.92 Å². The van der Waals surface area contributed by atoms with Crippen LogP contribution >= 0.6 is 0 Å². The molecule has 0 aliphatic carbocycles. The van der Waals surface area contributed by atoms with Gasteiger partial charge in [0.1, 0.15) is 17.9 Å². The van der Waals surface area contributed by atoms with Crippen LogP contribution in [-0.4, -0.2) is 45.4 Å². The van der Waals surface area contributed by atoms with Crippen LogP contribution in [0.3, 0.4) is 0 Å². The second-order valence-corrected chi connectivity index (χ2v) is 6.16. The van der Waals surface area contributed by atoms with Gasteiger partial charge in [-0.05, 0) is 25.0 Å². The van der Waals surface area contributed by atoms with Gasteiger partial charge in [-0.25, -0.2) is 14.6 Å². The lowest BCUT2D eigenvalue weighted by Crippen LogP contribution is -2.31. The van der Waals surface area contributed by atoms with Crippen LogP contribution in [0.15, 0.2) is 36.8 Å². The van der Waals surface area contributed by atoms with E-state index in [1.54, 1.807) is 10.9 Å². The molecule has 1 aromatic carbocycles. The Morgan fingerprint density at radius 3 is 2.89 bits per heavy atom. The van der Waals surface area contributed by atoms with E-state index in [0.717, 1.165) is 41.1 Å². The summed E-state index contributed by atoms with van der Waals surface area (Å²) in [7, 11) is 0. The lowest BCUT2D eigenvalue weighted by atomic mass is 10.2. The molecule has 2 heterocycles. The van der Waals surface area contributed by atoms with Crippen molar-refractivity contribution in [1.82, 2.24) is 25.1 Å². The maximum Gasteiger partial charge on any atom is 0.258 e. The molecule has 0 atom stereocenters. The first-order valence-electron chi connectivity index (χ1n) is 9.04. The highest BCUT2D eigenvalue weighted by atomic mass is 16.5. The highest BCUT2D eigenvalue weighted by molar-refractivity contribution is 5.86. The third-order valence-electron chi connectivity index (χ3n) is 4.07. The van der Waals surface area contributed by atoms with E-state index in [9.17, 15) is 4.79 Å². The number of rotatable bonds is 9. The third kappa shape index (κ3) is 4.72. The van der Waals surface area contributed by atoms with Gasteiger partial charge in [0.2, 0.25) is 0 Å². The molecular weight excluding hydrogens is 344 g/mol. The van der Waals surface area contributed by atoms with Gasteiger partial charge in [-0.3, -0.25) is 4.79 Å². The zero-order valence-electron chi connectivity index (χ0n) is 15.6. The van der Waals surface area contributed by atoms with Gasteiger partial charge in [-0.2, -0.15) is 5.10 Å². The molecule has 0 bridgehead atoms. The summed E-state index contributed by atoms with van der Waals surface area (Å²) in [6, 6.07) is 7.61. The average molecular weight is 368 g/mol. The second kappa shape index (κ2) is 8.98. The number of ether oxygens (including phenoxy) is 1. The molecule has 0 aliphatic rings. The summed E-state index contributed by atoms with van der Waals surface area (Å²) in [4.78, 5) is 20.6. The Balaban J connectivity index is 1.51. The van der Waals surface area contributed by atoms with Crippen LogP contribution in [0.5, 0.6) is 5.75 Å². The van der Waals surface area contributed by atoms with Crippen LogP contribution in [-0.2, 0) is 11.3 Å². The number of nitrogens with one attached hydrogen (secondary N) is 2. The van der Waals surface area contributed by atoms with Gasteiger partial charge in [0, 0.05) is 13.1 Å². The fraction of sp³-hybridized carbons (Fsp3) is 0.368. The van der Waals surface area contributed by atoms with Crippen molar-refractivity contribution >= 4 is 22.8 Å². The van der Waals surface area contributed by atoms with E-state index in [2.05, 4.69) is 32.6 Å². The standard InChI is InChI=1S/C19H24N6O2/c1-3-8-21-18-15-11-24-25(19(15)23-13-22-18)10-9-20-17(26)12-27-16-7-5-4-6-14(16)2/h4-7,11,13H,3,8-10,12H2,1-2H3,(H,20,26)(H,21,22,23). The monoisotopic (exact) mass is 368 g/mol. The summed E-state index contributed by atoms with van der Waals surface area (Å²) in [5.41, 5.74) is 1.74. The number of carbonyl (C=O) groups excluding carboxylic acids is 1. The molecule has 0 aliphatic heterocycles. The van der Waals surface area contributed by atoms with E-state index in [1.165, 1.54) is 6.33 Å². The number of aromatic nitrogens is 4. The molecule has 0 saturated carbocycles. The number of carbonyl (C=O) groups is 1. The summed E-state index contributed by atoms with van der Waals surface area (Å²) in [6.45, 7) is 5.83. The number of fused-ring (bicyclic) bond motifs is 1. The van der Waals surface area contributed by atoms with Crippen molar-refractivity contribution in [3.8, 4) is 5.75 Å². The van der Waals surface area contributed by atoms with Crippen molar-refractivity contribution in [3.05, 3.63) is 42.4 Å². The van der Waals surface area contributed by atoms with Crippen molar-refractivity contribution < 1.29 is 9.53 Å². The lowest BCUT2D eigenvalue weighted by Gasteiger charge is -2.09. The predicted molar refractivity (Wildman–Crippen MR) is 104 cm³/mol. The molecule has 2 N–H and O–H groups in total. The molecule has 3 rings (SSSR count). The molecule has 142 valence electrons. The van der Waals surface area contributed by atoms with Crippen molar-refractivity contribution in [1.29, 1.82) is 0 Å². The Hall–Kier alpha value is -3.16. The Bertz CT molecular complexity index is 908. The van der Waals surface area contributed by atoms with Crippen molar-refractivity contribution in [2.45, 2.75) is 26.8 Å². The highest BCUT2D eigenvalue weighted by Gasteiger charge is 2.10. The number of nitrogens with zero attached hydrogens (tertiary/aromatic N) is 4. The summed E-state index contributed by atoms with van der Waals surface area (Å²) in [5, 5.41) is 11.3. The summed E-state index contributed by atoms with van der Waals surface area (Å²) in [5.74, 6) is 1.33. The Labute approximate surface area is 158 Å². The van der Waals surface area contributed by atoms with Crippen LogP contribution in [0.4, 0.5) is 5.82 Å². The van der Waals surface area contributed by atoms with Crippen LogP contribution < -0.4 is 15.4 Å². The van der Waals surface area contributed by atoms with E-state index in [4.69, 9.17) is 4.74 Å². The van der Waals surface area contributed by atoms with Crippen molar-refractivity contribution in [2.24, 2.45) is 0 Å². The first-order valence-corrected chi connectivity index (χ1v) is 9.04. The molecule has 0 saturated heterocycles. The second-order valence-electron chi connectivity index (χ2n) is 6.16. The Morgan fingerprint density at radius 1 is 1.22 bits per heavy atom. The summed E-state index contributed by atoms with van der Waals surface area (Å²) < 4.78 is 7.31. The van der Waals surface area contributed by atoms with E-state index < -0.39 is 0 Å². The van der Waals surface area contributed by atoms with Crippen LogP contribution in [0.2, 0.25) is 0 Å². The Kier molecular flexibility index (Phi) is 6.19. The van der Waals surface area contributed by atoms with E-state index in [1.807, 2.05) is 31.2 Å². The van der Waals surface area contributed by atoms with Gasteiger partial charge < -0.3 is 15.4 Å². The number of hydrogen-bond donors (Lipinski definition) is 2. The van der Waals surface area contributed by atoms with Gasteiger partial charge in [0.05, 0.1) is 18.1 Å². The molecule has 0 fully saturated rings. The van der Waals surface area contributed by atoms with Crippen LogP contribution in [0.1, 0.15) is 18.9 Å². The van der Waals surface area contributed by atoms with Gasteiger partial charge in [-0.15, -0.1) is 0 Å². The molecule has 8 heteroatoms. The Morgan fingerprint density at radius 2 is 2.07 bits per heavy atom. The predicted octanol–water partition coefficient (Wildman–Crippen LogP) is 2.15. The molecule has 0 spiro atoms. The minimum absolute atomic E-state index is 0.0159. The van der Waals surface area contributed by atoms with E-state index in [0.29, 0.717) is 13.1 Å². The molecule has 1 amide bonds. The summed E-state index contributed by atoms with van der Waals surface area (Å²) in [6.07, 6.45) is 4.28. The fourth-order valence-electron chi connectivity index (χ4n) is 2.65. The quantitative estimate of drug-likeness (QED) is 0.601. The van der Waals surface area contributed by atoms with Crippen molar-refractivity contribution in [2.75, 3.05) is 25.0 Å². The normalized spacial score (nSPS) is 10.7. The minimum atomic E-state index is -0.172. The van der Waals surface area contributed by atoms with Gasteiger partial charge in [-0.1, -0.05) is 25.1 Å². The number of hydrogen-bond acceptors (Lipinski definition) is 6. The van der Waals surface area contributed by atoms with Crippen LogP contribution in [0.25, 0.3) is 11.0 Å². The topological polar surface area (TPSA) is 94.0 Å². The number of aryl methyl sites for hydroxylation is 1. The zero-order valence-corrected chi connectivity index (χ0v) is 15.6. The van der Waals surface area contributed by atoms with Gasteiger partial charge in [0.15, 0.2) is 12.3 Å². The first kappa shape index (κ1) is 18.6. The highest BCUT2D eigenvalue weighted by Crippen LogP contribution is 2.18. The van der Waals surface area contributed by atoms with E-state index in [-0.39, 0.29) is 12.5 Å². The molecular formula is C19H24N6O2. The smallest absolute Gasteiger partial charge is 0.258 e. The van der Waals surface area contributed by atoms with Gasteiger partial charge in [0.25, 0.3) is 5.91 Å². The molecule has 3 aromatic rings. The minimum Gasteiger partial charge on any atom is -0.484 e. The molecule has 0 radical (unpaired) electrons. The third-order valence-corrected chi connectivity index (χ3v) is 4.07. The average Bonchev–Trinajstić information content (AvgIpc) is 3.09. The maximum atomic E-state index is 12.0. The van der Waals surface area contributed by atoms with E-state index >= 15 is 0 Å². The number of para-hydroxylation sites is 1. The van der Waals surface area contributed by atoms with Gasteiger partial charge >= 0.3 is 0 Å². The largest absolute Gasteiger partial charge is 0.484 e. The molecule has 27 heavy (non-hydrogen) atoms. The number of anilines is 1. The molecule has 0 unspecified atom stereocenters. The lowest BCUT2D eigenvalue weighted by molar-refractivity contribution is -0.123. The molecule has 2 aromatic heterocycles. The molecule has 8 nitrogen and oxygen atoms in total. The zero-order chi connectivity index (χ0) is 19.1. The maximum absolute atomic E-state index is 12.0. The first-order chi connectivity index (χ1) is 13.2. The van der Waals surface area contributed by atoms with Crippen molar-refractivity contribution in [3.63, 3.8) is 0 Å². The fourth-order valence-corrected chi connectivity index (χ4v) is 2.65. The number of benzene rings is 1.